The third-order valence-electron chi connectivity index (χ3n) is 2.41. The third kappa shape index (κ3) is 0.990. The predicted octanol–water partition coefficient (Wildman–Crippen LogP) is 3.36. The Morgan fingerprint density at radius 2 is 2.07 bits per heavy atom. The topological polar surface area (TPSA) is 24.4 Å². The van der Waals surface area contributed by atoms with E-state index in [1.807, 2.05) is 24.4 Å². The van der Waals surface area contributed by atoms with E-state index in [1.165, 1.54) is 10.8 Å². The lowest BCUT2D eigenvalue weighted by Crippen LogP contribution is -1.99. The Hall–Kier alpha value is -1.35. The molecule has 0 fully saturated rings. The van der Waals surface area contributed by atoms with Crippen molar-refractivity contribution < 1.29 is 0 Å². The lowest BCUT2D eigenvalue weighted by molar-refractivity contribution is 1.35. The van der Waals surface area contributed by atoms with Crippen LogP contribution in [0.25, 0.3) is 10.8 Å². The quantitative estimate of drug-likeness (QED) is 0.758. The summed E-state index contributed by atoms with van der Waals surface area (Å²) in [6.07, 6.45) is 1.85. The molecule has 68 valence electrons. The molecule has 0 saturated heterocycles. The first-order valence-corrected chi connectivity index (χ1v) is 5.16. The maximum Gasteiger partial charge on any atom is 0.0647 e. The molecule has 1 N–H and O–H groups in total. The summed E-state index contributed by atoms with van der Waals surface area (Å²) < 4.78 is 1.12. The number of hydrogen-bond acceptors (Lipinski definition) is 2. The van der Waals surface area contributed by atoms with Crippen molar-refractivity contribution in [2.24, 2.45) is 5.10 Å². The zero-order valence-electron chi connectivity index (χ0n) is 7.29. The Morgan fingerprint density at radius 3 is 3.00 bits per heavy atom. The number of hydrazone groups is 1. The molecular formula is C11H7BrN2. The molecule has 2 nitrogen and oxygen atoms in total. The summed E-state index contributed by atoms with van der Waals surface area (Å²) in [6, 6.07) is 10.3. The van der Waals surface area contributed by atoms with Crippen LogP contribution in [0.15, 0.2) is 39.9 Å². The molecule has 0 amide bonds. The molecule has 0 aromatic heterocycles. The van der Waals surface area contributed by atoms with Gasteiger partial charge in [-0.1, -0.05) is 34.1 Å². The first kappa shape index (κ1) is 8.00. The average molecular weight is 247 g/mol. The summed E-state index contributed by atoms with van der Waals surface area (Å²) in [6.45, 7) is 0. The van der Waals surface area contributed by atoms with Gasteiger partial charge in [0, 0.05) is 15.4 Å². The molecule has 1 heterocycles. The van der Waals surface area contributed by atoms with E-state index in [-0.39, 0.29) is 0 Å². The van der Waals surface area contributed by atoms with Crippen LogP contribution in [0.1, 0.15) is 5.56 Å². The first-order valence-electron chi connectivity index (χ1n) is 4.36. The van der Waals surface area contributed by atoms with Crippen LogP contribution in [0.3, 0.4) is 0 Å². The van der Waals surface area contributed by atoms with Gasteiger partial charge in [0.25, 0.3) is 0 Å². The SMILES string of the molecule is Brc1ccc2c3c(cccc13)C=NN2. The smallest absolute Gasteiger partial charge is 0.0647 e. The lowest BCUT2D eigenvalue weighted by Gasteiger charge is -2.13. The van der Waals surface area contributed by atoms with Gasteiger partial charge < -0.3 is 0 Å². The maximum absolute atomic E-state index is 4.08. The standard InChI is InChI=1S/C11H7BrN2/c12-9-4-5-10-11-7(6-13-14-10)2-1-3-8(9)11/h1-6,14H. The molecule has 1 aliphatic rings. The third-order valence-corrected chi connectivity index (χ3v) is 3.10. The minimum absolute atomic E-state index is 1.07. The summed E-state index contributed by atoms with van der Waals surface area (Å²) in [4.78, 5) is 0. The van der Waals surface area contributed by atoms with Crippen molar-refractivity contribution in [2.75, 3.05) is 5.43 Å². The summed E-state index contributed by atoms with van der Waals surface area (Å²) in [7, 11) is 0. The van der Waals surface area contributed by atoms with Gasteiger partial charge in [-0.25, -0.2) is 0 Å². The molecule has 2 aromatic carbocycles. The fourth-order valence-corrected chi connectivity index (χ4v) is 2.23. The average Bonchev–Trinajstić information content (AvgIpc) is 2.24. The molecule has 1 aliphatic heterocycles. The van der Waals surface area contributed by atoms with Gasteiger partial charge in [-0.2, -0.15) is 5.10 Å². The Kier molecular flexibility index (Phi) is 1.61. The van der Waals surface area contributed by atoms with Crippen LogP contribution in [0.5, 0.6) is 0 Å². The number of nitrogens with one attached hydrogen (secondary N) is 1. The predicted molar refractivity (Wildman–Crippen MR) is 62.9 cm³/mol. The lowest BCUT2D eigenvalue weighted by atomic mass is 10.0. The Bertz CT molecular complexity index is 546. The number of benzene rings is 2. The fraction of sp³-hybridized carbons (Fsp3) is 0. The highest BCUT2D eigenvalue weighted by Gasteiger charge is 2.09. The van der Waals surface area contributed by atoms with Crippen LogP contribution in [0.4, 0.5) is 5.69 Å². The highest BCUT2D eigenvalue weighted by Crippen LogP contribution is 2.33. The van der Waals surface area contributed by atoms with Gasteiger partial charge >= 0.3 is 0 Å². The van der Waals surface area contributed by atoms with E-state index in [2.05, 4.69) is 38.6 Å². The van der Waals surface area contributed by atoms with Crippen LogP contribution in [-0.4, -0.2) is 6.21 Å². The monoisotopic (exact) mass is 246 g/mol. The van der Waals surface area contributed by atoms with E-state index in [0.717, 1.165) is 15.7 Å². The maximum atomic E-state index is 4.08. The number of nitrogens with zero attached hydrogens (tertiary/aromatic N) is 1. The summed E-state index contributed by atoms with van der Waals surface area (Å²) in [5.74, 6) is 0. The normalized spacial score (nSPS) is 12.9. The molecule has 0 unspecified atom stereocenters. The molecule has 2 aromatic rings. The van der Waals surface area contributed by atoms with Gasteiger partial charge in [-0.05, 0) is 17.5 Å². The largest absolute Gasteiger partial charge is 0.278 e. The zero-order chi connectivity index (χ0) is 9.54. The number of hydrogen-bond donors (Lipinski definition) is 1. The van der Waals surface area contributed by atoms with E-state index in [4.69, 9.17) is 0 Å². The van der Waals surface area contributed by atoms with E-state index < -0.39 is 0 Å². The van der Waals surface area contributed by atoms with Gasteiger partial charge in [-0.15, -0.1) is 0 Å². The van der Waals surface area contributed by atoms with Crippen molar-refractivity contribution in [2.45, 2.75) is 0 Å². The summed E-state index contributed by atoms with van der Waals surface area (Å²) in [5, 5.41) is 6.54. The Labute approximate surface area is 89.8 Å². The van der Waals surface area contributed by atoms with E-state index >= 15 is 0 Å². The Morgan fingerprint density at radius 1 is 1.14 bits per heavy atom. The van der Waals surface area contributed by atoms with Crippen molar-refractivity contribution in [3.8, 4) is 0 Å². The van der Waals surface area contributed by atoms with Crippen LogP contribution in [0, 0.1) is 0 Å². The molecule has 0 spiro atoms. The number of anilines is 1. The molecule has 0 radical (unpaired) electrons. The second-order valence-corrected chi connectivity index (χ2v) is 4.09. The van der Waals surface area contributed by atoms with Crippen LogP contribution >= 0.6 is 15.9 Å². The second kappa shape index (κ2) is 2.82. The molecular weight excluding hydrogens is 240 g/mol. The van der Waals surface area contributed by atoms with Crippen molar-refractivity contribution in [1.82, 2.24) is 0 Å². The molecule has 3 heteroatoms. The van der Waals surface area contributed by atoms with Crippen molar-refractivity contribution >= 4 is 38.6 Å². The molecule has 0 saturated carbocycles. The Balaban J connectivity index is 2.56. The number of rotatable bonds is 0. The van der Waals surface area contributed by atoms with E-state index in [9.17, 15) is 0 Å². The van der Waals surface area contributed by atoms with Gasteiger partial charge in [0.1, 0.15) is 0 Å². The van der Waals surface area contributed by atoms with Crippen LogP contribution in [0.2, 0.25) is 0 Å². The number of halogens is 1. The summed E-state index contributed by atoms with van der Waals surface area (Å²) in [5.41, 5.74) is 5.24. The molecule has 0 bridgehead atoms. The molecule has 14 heavy (non-hydrogen) atoms. The van der Waals surface area contributed by atoms with Gasteiger partial charge in [-0.3, -0.25) is 5.43 Å². The first-order chi connectivity index (χ1) is 6.86. The van der Waals surface area contributed by atoms with Gasteiger partial charge in [0.15, 0.2) is 0 Å². The summed E-state index contributed by atoms with van der Waals surface area (Å²) >= 11 is 3.55. The highest BCUT2D eigenvalue weighted by atomic mass is 79.9. The highest BCUT2D eigenvalue weighted by molar-refractivity contribution is 9.10. The van der Waals surface area contributed by atoms with Crippen LogP contribution < -0.4 is 5.43 Å². The van der Waals surface area contributed by atoms with Crippen LogP contribution in [-0.2, 0) is 0 Å². The van der Waals surface area contributed by atoms with Gasteiger partial charge in [0.2, 0.25) is 0 Å². The van der Waals surface area contributed by atoms with E-state index in [0.29, 0.717) is 0 Å². The van der Waals surface area contributed by atoms with Crippen molar-refractivity contribution in [1.29, 1.82) is 0 Å². The van der Waals surface area contributed by atoms with Gasteiger partial charge in [0.05, 0.1) is 11.9 Å². The second-order valence-electron chi connectivity index (χ2n) is 3.23. The molecule has 0 atom stereocenters. The fourth-order valence-electron chi connectivity index (χ4n) is 1.77. The molecule has 0 aliphatic carbocycles. The minimum Gasteiger partial charge on any atom is -0.278 e. The minimum atomic E-state index is 1.07. The van der Waals surface area contributed by atoms with Crippen molar-refractivity contribution in [3.05, 3.63) is 40.4 Å². The molecule has 3 rings (SSSR count). The zero-order valence-corrected chi connectivity index (χ0v) is 8.88. The van der Waals surface area contributed by atoms with Crippen molar-refractivity contribution in [3.63, 3.8) is 0 Å². The van der Waals surface area contributed by atoms with E-state index in [1.54, 1.807) is 0 Å².